The van der Waals surface area contributed by atoms with Gasteiger partial charge in [0, 0.05) is 12.7 Å². The van der Waals surface area contributed by atoms with Crippen LogP contribution in [0.3, 0.4) is 0 Å². The molecule has 0 aliphatic rings. The number of anilines is 1. The van der Waals surface area contributed by atoms with Crippen molar-refractivity contribution in [2.75, 3.05) is 11.9 Å². The first kappa shape index (κ1) is 16.4. The molecule has 18 heavy (non-hydrogen) atoms. The molecule has 0 fully saturated rings. The van der Waals surface area contributed by atoms with Crippen LogP contribution >= 0.6 is 12.4 Å². The number of aryl methyl sites for hydroxylation is 1. The molecule has 0 heterocycles. The van der Waals surface area contributed by atoms with Crippen LogP contribution in [0.2, 0.25) is 0 Å². The molecule has 1 rings (SSSR count). The number of carbonyl (C=O) groups excluding carboxylic acids is 2. The van der Waals surface area contributed by atoms with Crippen molar-refractivity contribution in [3.05, 3.63) is 29.8 Å². The zero-order chi connectivity index (χ0) is 13.0. The van der Waals surface area contributed by atoms with Gasteiger partial charge in [0.25, 0.3) is 0 Å². The van der Waals surface area contributed by atoms with Crippen LogP contribution in [0.15, 0.2) is 24.3 Å². The Morgan fingerprint density at radius 3 is 2.22 bits per heavy atom. The minimum absolute atomic E-state index is 0. The van der Waals surface area contributed by atoms with Crippen molar-refractivity contribution in [2.45, 2.75) is 19.4 Å². The van der Waals surface area contributed by atoms with Gasteiger partial charge in [-0.1, -0.05) is 17.7 Å². The summed E-state index contributed by atoms with van der Waals surface area (Å²) in [5.41, 5.74) is 12.4. The largest absolute Gasteiger partial charge is 0.370 e. The van der Waals surface area contributed by atoms with E-state index in [2.05, 4.69) is 0 Å². The highest BCUT2D eigenvalue weighted by atomic mass is 35.5. The van der Waals surface area contributed by atoms with Gasteiger partial charge in [-0.25, -0.2) is 0 Å². The first-order valence-corrected chi connectivity index (χ1v) is 5.30. The molecule has 0 bridgehead atoms. The number of hydrogen-bond donors (Lipinski definition) is 2. The normalized spacial score (nSPS) is 11.3. The number of rotatable bonds is 4. The van der Waals surface area contributed by atoms with Crippen molar-refractivity contribution in [1.29, 1.82) is 0 Å². The molecule has 0 aliphatic carbocycles. The van der Waals surface area contributed by atoms with E-state index in [1.165, 1.54) is 4.90 Å². The van der Waals surface area contributed by atoms with Crippen LogP contribution in [0.4, 0.5) is 5.69 Å². The summed E-state index contributed by atoms with van der Waals surface area (Å²) in [5.74, 6) is -0.907. The van der Waals surface area contributed by atoms with Crippen molar-refractivity contribution < 1.29 is 9.59 Å². The monoisotopic (exact) mass is 271 g/mol. The van der Waals surface area contributed by atoms with Gasteiger partial charge in [-0.3, -0.25) is 9.59 Å². The second-order valence-electron chi connectivity index (χ2n) is 4.01. The average molecular weight is 272 g/mol. The van der Waals surface area contributed by atoms with Crippen molar-refractivity contribution in [3.63, 3.8) is 0 Å². The minimum Gasteiger partial charge on any atom is -0.370 e. The Kier molecular flexibility index (Phi) is 6.36. The molecule has 100 valence electrons. The molecule has 1 atom stereocenters. The summed E-state index contributed by atoms with van der Waals surface area (Å²) in [4.78, 5) is 24.0. The van der Waals surface area contributed by atoms with E-state index >= 15 is 0 Å². The highest BCUT2D eigenvalue weighted by Crippen LogP contribution is 2.14. The van der Waals surface area contributed by atoms with Gasteiger partial charge in [0.15, 0.2) is 0 Å². The van der Waals surface area contributed by atoms with Gasteiger partial charge in [-0.2, -0.15) is 0 Å². The van der Waals surface area contributed by atoms with Crippen LogP contribution in [-0.2, 0) is 9.59 Å². The number of primary amides is 1. The summed E-state index contributed by atoms with van der Waals surface area (Å²) >= 11 is 0. The summed E-state index contributed by atoms with van der Waals surface area (Å²) in [5, 5.41) is 0. The molecule has 0 spiro atoms. The van der Waals surface area contributed by atoms with Crippen LogP contribution < -0.4 is 16.4 Å². The molecule has 2 amide bonds. The molecule has 6 heteroatoms. The molecule has 0 aliphatic heterocycles. The van der Waals surface area contributed by atoms with E-state index in [1.807, 2.05) is 31.2 Å². The quantitative estimate of drug-likeness (QED) is 0.839. The van der Waals surface area contributed by atoms with Gasteiger partial charge in [-0.05, 0) is 19.1 Å². The number of amides is 2. The zero-order valence-electron chi connectivity index (χ0n) is 10.4. The SMILES string of the molecule is Cc1ccc(N(C)C(=O)C(N)CC(N)=O)cc1.Cl. The number of nitrogens with zero attached hydrogens (tertiary/aromatic N) is 1. The second kappa shape index (κ2) is 6.98. The Morgan fingerprint density at radius 2 is 1.78 bits per heavy atom. The van der Waals surface area contributed by atoms with Gasteiger partial charge in [-0.15, -0.1) is 12.4 Å². The van der Waals surface area contributed by atoms with Gasteiger partial charge in [0.2, 0.25) is 11.8 Å². The summed E-state index contributed by atoms with van der Waals surface area (Å²) in [6, 6.07) is 6.56. The van der Waals surface area contributed by atoms with Gasteiger partial charge < -0.3 is 16.4 Å². The summed E-state index contributed by atoms with van der Waals surface area (Å²) in [6.45, 7) is 1.96. The smallest absolute Gasteiger partial charge is 0.244 e. The highest BCUT2D eigenvalue weighted by Gasteiger charge is 2.20. The first-order valence-electron chi connectivity index (χ1n) is 5.30. The third kappa shape index (κ3) is 4.35. The van der Waals surface area contributed by atoms with Gasteiger partial charge in [0.1, 0.15) is 0 Å². The number of carbonyl (C=O) groups is 2. The number of nitrogens with two attached hydrogens (primary N) is 2. The van der Waals surface area contributed by atoms with E-state index in [9.17, 15) is 9.59 Å². The van der Waals surface area contributed by atoms with Crippen molar-refractivity contribution >= 4 is 29.9 Å². The lowest BCUT2D eigenvalue weighted by Crippen LogP contribution is -2.44. The van der Waals surface area contributed by atoms with Crippen LogP contribution in [0.1, 0.15) is 12.0 Å². The molecule has 0 radical (unpaired) electrons. The summed E-state index contributed by atoms with van der Waals surface area (Å²) in [7, 11) is 1.62. The van der Waals surface area contributed by atoms with Crippen molar-refractivity contribution in [3.8, 4) is 0 Å². The Balaban J connectivity index is 0.00000289. The molecular formula is C12H18ClN3O2. The third-order valence-electron chi connectivity index (χ3n) is 2.49. The number of benzene rings is 1. The van der Waals surface area contributed by atoms with E-state index in [0.717, 1.165) is 11.3 Å². The predicted molar refractivity (Wildman–Crippen MR) is 73.6 cm³/mol. The molecule has 0 aromatic heterocycles. The highest BCUT2D eigenvalue weighted by molar-refractivity contribution is 5.98. The maximum atomic E-state index is 11.9. The lowest BCUT2D eigenvalue weighted by molar-refractivity contribution is -0.124. The lowest BCUT2D eigenvalue weighted by Gasteiger charge is -2.20. The van der Waals surface area contributed by atoms with E-state index in [4.69, 9.17) is 11.5 Å². The molecule has 4 N–H and O–H groups in total. The topological polar surface area (TPSA) is 89.4 Å². The van der Waals surface area contributed by atoms with Crippen molar-refractivity contribution in [2.24, 2.45) is 11.5 Å². The fourth-order valence-corrected chi connectivity index (χ4v) is 1.45. The van der Waals surface area contributed by atoms with E-state index in [1.54, 1.807) is 7.05 Å². The Bertz CT molecular complexity index is 420. The predicted octanol–water partition coefficient (Wildman–Crippen LogP) is 0.582. The van der Waals surface area contributed by atoms with E-state index in [0.29, 0.717) is 0 Å². The fraction of sp³-hybridized carbons (Fsp3) is 0.333. The standard InChI is InChI=1S/C12H17N3O2.ClH/c1-8-3-5-9(6-4-8)15(2)12(17)10(13)7-11(14)16;/h3-6,10H,7,13H2,1-2H3,(H2,14,16);1H. The molecule has 1 aromatic carbocycles. The third-order valence-corrected chi connectivity index (χ3v) is 2.49. The number of halogens is 1. The fourth-order valence-electron chi connectivity index (χ4n) is 1.45. The van der Waals surface area contributed by atoms with E-state index < -0.39 is 11.9 Å². The van der Waals surface area contributed by atoms with Crippen LogP contribution in [0.25, 0.3) is 0 Å². The Hall–Kier alpha value is -1.59. The van der Waals surface area contributed by atoms with Crippen molar-refractivity contribution in [1.82, 2.24) is 0 Å². The Morgan fingerprint density at radius 1 is 1.28 bits per heavy atom. The number of hydrogen-bond acceptors (Lipinski definition) is 3. The van der Waals surface area contributed by atoms with E-state index in [-0.39, 0.29) is 24.7 Å². The lowest BCUT2D eigenvalue weighted by atomic mass is 10.1. The first-order chi connectivity index (χ1) is 7.91. The maximum Gasteiger partial charge on any atom is 0.244 e. The maximum absolute atomic E-state index is 11.9. The van der Waals surface area contributed by atoms with Crippen LogP contribution in [-0.4, -0.2) is 24.9 Å². The average Bonchev–Trinajstić information content (AvgIpc) is 2.27. The minimum atomic E-state index is -0.890. The molecule has 1 unspecified atom stereocenters. The van der Waals surface area contributed by atoms with Crippen LogP contribution in [0, 0.1) is 6.92 Å². The summed E-state index contributed by atoms with van der Waals surface area (Å²) < 4.78 is 0. The Labute approximate surface area is 113 Å². The molecular weight excluding hydrogens is 254 g/mol. The van der Waals surface area contributed by atoms with Crippen LogP contribution in [0.5, 0.6) is 0 Å². The molecule has 1 aromatic rings. The van der Waals surface area contributed by atoms with Gasteiger partial charge in [0.05, 0.1) is 12.5 Å². The summed E-state index contributed by atoms with van der Waals surface area (Å²) in [6.07, 6.45) is -0.144. The molecule has 0 saturated heterocycles. The molecule has 0 saturated carbocycles. The second-order valence-corrected chi connectivity index (χ2v) is 4.01. The molecule has 5 nitrogen and oxygen atoms in total. The number of likely N-dealkylation sites (N-methyl/N-ethyl adjacent to an activating group) is 1. The zero-order valence-corrected chi connectivity index (χ0v) is 11.2. The van der Waals surface area contributed by atoms with Gasteiger partial charge >= 0.3 is 0 Å².